The quantitative estimate of drug-likeness (QED) is 0.642. The van der Waals surface area contributed by atoms with Gasteiger partial charge in [-0.25, -0.2) is 0 Å². The molecule has 0 spiro atoms. The Bertz CT molecular complexity index is 163. The number of rotatable bonds is 6. The summed E-state index contributed by atoms with van der Waals surface area (Å²) in [6, 6.07) is 0. The van der Waals surface area contributed by atoms with Crippen LogP contribution in [0.4, 0.5) is 0 Å². The summed E-state index contributed by atoms with van der Waals surface area (Å²) in [6.07, 6.45) is 1.02. The lowest BCUT2D eigenvalue weighted by molar-refractivity contribution is 0.356. The van der Waals surface area contributed by atoms with Crippen LogP contribution in [0.5, 0.6) is 0 Å². The van der Waals surface area contributed by atoms with Crippen LogP contribution in [0.25, 0.3) is 0 Å². The van der Waals surface area contributed by atoms with E-state index in [1.54, 1.807) is 6.92 Å². The molecule has 0 aromatic heterocycles. The summed E-state index contributed by atoms with van der Waals surface area (Å²) < 4.78 is 16.2. The van der Waals surface area contributed by atoms with Gasteiger partial charge in [-0.3, -0.25) is 4.57 Å². The predicted octanol–water partition coefficient (Wildman–Crippen LogP) is 4.15. The molecule has 2 nitrogen and oxygen atoms in total. The first-order valence-electron chi connectivity index (χ1n) is 4.06. The molecule has 0 radical (unpaired) electrons. The summed E-state index contributed by atoms with van der Waals surface area (Å²) in [5, 5.41) is 0. The molecule has 0 aliphatic carbocycles. The maximum atomic E-state index is 11.3. The van der Waals surface area contributed by atoms with Crippen molar-refractivity contribution in [1.82, 2.24) is 0 Å². The van der Waals surface area contributed by atoms with E-state index in [1.165, 1.54) is 11.4 Å². The third-order valence-corrected chi connectivity index (χ3v) is 5.48. The molecule has 0 aromatic rings. The Morgan fingerprint density at radius 2 is 2.17 bits per heavy atom. The van der Waals surface area contributed by atoms with Gasteiger partial charge in [-0.1, -0.05) is 25.2 Å². The number of halogens is 1. The number of hydrogen-bond donors (Lipinski definition) is 0. The van der Waals surface area contributed by atoms with E-state index in [1.807, 2.05) is 0 Å². The topological polar surface area (TPSA) is 26.3 Å². The molecule has 0 saturated heterocycles. The second kappa shape index (κ2) is 6.31. The second-order valence-corrected chi connectivity index (χ2v) is 8.80. The van der Waals surface area contributed by atoms with E-state index in [-0.39, 0.29) is 0 Å². The standard InChI is InChI=1S/C7H16ClO2PS/c1-4-10-11(8,9)12-6-5-7(2)3/h7H,4-6H2,1-3H3. The molecule has 0 saturated carbocycles. The molecule has 0 heterocycles. The van der Waals surface area contributed by atoms with Gasteiger partial charge in [0.2, 0.25) is 0 Å². The highest BCUT2D eigenvalue weighted by atomic mass is 35.7. The first kappa shape index (κ1) is 12.8. The smallest absolute Gasteiger partial charge is 0.310 e. The third kappa shape index (κ3) is 7.48. The highest BCUT2D eigenvalue weighted by molar-refractivity contribution is 8.63. The van der Waals surface area contributed by atoms with Gasteiger partial charge in [0.05, 0.1) is 6.61 Å². The molecule has 1 atom stereocenters. The van der Waals surface area contributed by atoms with Crippen LogP contribution in [0, 0.1) is 5.92 Å². The van der Waals surface area contributed by atoms with E-state index < -0.39 is 5.92 Å². The average Bonchev–Trinajstić information content (AvgIpc) is 1.85. The first-order valence-corrected chi connectivity index (χ1v) is 8.18. The Morgan fingerprint density at radius 3 is 2.58 bits per heavy atom. The maximum absolute atomic E-state index is 11.3. The van der Waals surface area contributed by atoms with Crippen LogP contribution in [-0.4, -0.2) is 12.4 Å². The summed E-state index contributed by atoms with van der Waals surface area (Å²) in [7, 11) is 0. The van der Waals surface area contributed by atoms with Crippen LogP contribution in [0.2, 0.25) is 0 Å². The summed E-state index contributed by atoms with van der Waals surface area (Å²) in [5.74, 6) is -1.43. The maximum Gasteiger partial charge on any atom is 0.346 e. The Hall–Kier alpha value is 0.830. The Kier molecular flexibility index (Phi) is 6.75. The zero-order valence-electron chi connectivity index (χ0n) is 7.75. The first-order chi connectivity index (χ1) is 5.48. The molecule has 5 heteroatoms. The zero-order chi connectivity index (χ0) is 9.61. The highest BCUT2D eigenvalue weighted by Crippen LogP contribution is 2.64. The van der Waals surface area contributed by atoms with E-state index in [0.717, 1.165) is 12.2 Å². The minimum atomic E-state index is -2.86. The van der Waals surface area contributed by atoms with E-state index >= 15 is 0 Å². The molecular formula is C7H16ClO2PS. The van der Waals surface area contributed by atoms with Crippen LogP contribution < -0.4 is 0 Å². The Morgan fingerprint density at radius 1 is 1.58 bits per heavy atom. The molecule has 0 amide bonds. The monoisotopic (exact) mass is 230 g/mol. The van der Waals surface area contributed by atoms with Crippen molar-refractivity contribution in [3.63, 3.8) is 0 Å². The molecule has 0 rings (SSSR count). The molecular weight excluding hydrogens is 215 g/mol. The largest absolute Gasteiger partial charge is 0.346 e. The summed E-state index contributed by atoms with van der Waals surface area (Å²) in [5.41, 5.74) is 0. The Labute approximate surface area is 83.4 Å². The molecule has 12 heavy (non-hydrogen) atoms. The lowest BCUT2D eigenvalue weighted by Gasteiger charge is -2.09. The van der Waals surface area contributed by atoms with E-state index in [2.05, 4.69) is 13.8 Å². The van der Waals surface area contributed by atoms with Crippen molar-refractivity contribution in [2.24, 2.45) is 5.92 Å². The molecule has 0 aliphatic rings. The van der Waals surface area contributed by atoms with Crippen LogP contribution >= 0.6 is 28.5 Å². The van der Waals surface area contributed by atoms with Crippen LogP contribution in [-0.2, 0) is 9.09 Å². The van der Waals surface area contributed by atoms with Crippen molar-refractivity contribution in [2.45, 2.75) is 27.2 Å². The molecule has 0 fully saturated rings. The number of hydrogen-bond acceptors (Lipinski definition) is 3. The molecule has 1 unspecified atom stereocenters. The van der Waals surface area contributed by atoms with Crippen LogP contribution in [0.3, 0.4) is 0 Å². The van der Waals surface area contributed by atoms with Crippen molar-refractivity contribution in [2.75, 3.05) is 12.4 Å². The van der Waals surface area contributed by atoms with Gasteiger partial charge in [0.15, 0.2) is 0 Å². The molecule has 0 aromatic carbocycles. The molecule has 74 valence electrons. The van der Waals surface area contributed by atoms with E-state index in [4.69, 9.17) is 15.8 Å². The van der Waals surface area contributed by atoms with Gasteiger partial charge >= 0.3 is 5.92 Å². The van der Waals surface area contributed by atoms with Gasteiger partial charge in [-0.05, 0) is 30.5 Å². The fourth-order valence-corrected chi connectivity index (χ4v) is 4.19. The lowest BCUT2D eigenvalue weighted by atomic mass is 10.2. The average molecular weight is 231 g/mol. The minimum Gasteiger partial charge on any atom is -0.310 e. The van der Waals surface area contributed by atoms with Gasteiger partial charge < -0.3 is 4.52 Å². The fourth-order valence-electron chi connectivity index (χ4n) is 0.589. The van der Waals surface area contributed by atoms with E-state index in [9.17, 15) is 4.57 Å². The third-order valence-electron chi connectivity index (χ3n) is 1.22. The van der Waals surface area contributed by atoms with Gasteiger partial charge in [-0.2, -0.15) is 0 Å². The second-order valence-electron chi connectivity index (χ2n) is 2.86. The van der Waals surface area contributed by atoms with Gasteiger partial charge in [0.25, 0.3) is 0 Å². The molecule has 0 N–H and O–H groups in total. The summed E-state index contributed by atoms with van der Waals surface area (Å²) >= 11 is 6.85. The predicted molar refractivity (Wildman–Crippen MR) is 57.0 cm³/mol. The summed E-state index contributed by atoms with van der Waals surface area (Å²) in [6.45, 7) is 6.45. The van der Waals surface area contributed by atoms with Crippen molar-refractivity contribution in [1.29, 1.82) is 0 Å². The fraction of sp³-hybridized carbons (Fsp3) is 1.00. The minimum absolute atomic E-state index is 0.412. The zero-order valence-corrected chi connectivity index (χ0v) is 10.2. The molecule has 0 bridgehead atoms. The van der Waals surface area contributed by atoms with Crippen molar-refractivity contribution < 1.29 is 9.09 Å². The van der Waals surface area contributed by atoms with Gasteiger partial charge in [0, 0.05) is 5.75 Å². The van der Waals surface area contributed by atoms with Crippen LogP contribution in [0.1, 0.15) is 27.2 Å². The summed E-state index contributed by atoms with van der Waals surface area (Å²) in [4.78, 5) is 0. The van der Waals surface area contributed by atoms with Crippen molar-refractivity contribution in [3.05, 3.63) is 0 Å². The van der Waals surface area contributed by atoms with Gasteiger partial charge in [0.1, 0.15) is 0 Å². The molecule has 0 aliphatic heterocycles. The van der Waals surface area contributed by atoms with Crippen molar-refractivity contribution in [3.8, 4) is 0 Å². The normalized spacial score (nSPS) is 16.4. The van der Waals surface area contributed by atoms with E-state index in [0.29, 0.717) is 12.5 Å². The Balaban J connectivity index is 3.54. The van der Waals surface area contributed by atoms with Crippen molar-refractivity contribution >= 4 is 28.5 Å². The lowest BCUT2D eigenvalue weighted by Crippen LogP contribution is -1.89. The highest BCUT2D eigenvalue weighted by Gasteiger charge is 2.18. The van der Waals surface area contributed by atoms with Crippen LogP contribution in [0.15, 0.2) is 0 Å². The van der Waals surface area contributed by atoms with Gasteiger partial charge in [-0.15, -0.1) is 0 Å². The SMILES string of the molecule is CCOP(=O)(Cl)SCCC(C)C.